The molecule has 0 saturated heterocycles. The van der Waals surface area contributed by atoms with Gasteiger partial charge in [0.15, 0.2) is 0 Å². The van der Waals surface area contributed by atoms with Crippen molar-refractivity contribution in [3.05, 3.63) is 71.8 Å². The highest BCUT2D eigenvalue weighted by Crippen LogP contribution is 2.37. The molecule has 2 aromatic carbocycles. The normalized spacial score (nSPS) is 19.9. The van der Waals surface area contributed by atoms with E-state index in [0.717, 1.165) is 24.9 Å². The molecule has 0 aromatic heterocycles. The second-order valence-corrected chi connectivity index (χ2v) is 8.20. The van der Waals surface area contributed by atoms with Gasteiger partial charge in [0.05, 0.1) is 6.61 Å². The molecule has 150 valence electrons. The summed E-state index contributed by atoms with van der Waals surface area (Å²) in [6, 6.07) is 18.1. The molecule has 1 heteroatoms. The number of allylic oxidation sites excluding steroid dienone is 2. The van der Waals surface area contributed by atoms with Gasteiger partial charge in [-0.05, 0) is 72.6 Å². The van der Waals surface area contributed by atoms with Crippen molar-refractivity contribution in [1.82, 2.24) is 0 Å². The van der Waals surface area contributed by atoms with Crippen molar-refractivity contribution in [1.29, 1.82) is 0 Å². The van der Waals surface area contributed by atoms with Crippen LogP contribution >= 0.6 is 0 Å². The highest BCUT2D eigenvalue weighted by Gasteiger charge is 2.20. The van der Waals surface area contributed by atoms with Crippen LogP contribution in [0.4, 0.5) is 0 Å². The first-order valence-electron chi connectivity index (χ1n) is 11.2. The maximum absolute atomic E-state index is 5.63. The van der Waals surface area contributed by atoms with E-state index in [-0.39, 0.29) is 0 Å². The van der Waals surface area contributed by atoms with Gasteiger partial charge in [-0.15, -0.1) is 0 Å². The Balaban J connectivity index is 1.54. The molecule has 1 aliphatic carbocycles. The fourth-order valence-electron chi connectivity index (χ4n) is 4.18. The molecule has 0 N–H and O–H groups in total. The Bertz CT molecular complexity index is 703. The van der Waals surface area contributed by atoms with Crippen LogP contribution in [0.25, 0.3) is 11.1 Å². The second kappa shape index (κ2) is 11.2. The van der Waals surface area contributed by atoms with Gasteiger partial charge in [-0.2, -0.15) is 0 Å². The van der Waals surface area contributed by atoms with Crippen LogP contribution in [0.3, 0.4) is 0 Å². The SMILES string of the molecule is CCCC=CC1CCC(c2ccc(-c3ccc(COCCC)cc3)cc2)CC1. The molecule has 3 rings (SSSR count). The number of hydrogen-bond donors (Lipinski definition) is 0. The van der Waals surface area contributed by atoms with Crippen LogP contribution in [0, 0.1) is 5.92 Å². The van der Waals surface area contributed by atoms with E-state index in [4.69, 9.17) is 4.74 Å². The lowest BCUT2D eigenvalue weighted by atomic mass is 9.78. The second-order valence-electron chi connectivity index (χ2n) is 8.20. The quantitative estimate of drug-likeness (QED) is 0.319. The monoisotopic (exact) mass is 376 g/mol. The molecular formula is C27H36O. The molecule has 0 heterocycles. The lowest BCUT2D eigenvalue weighted by Crippen LogP contribution is -2.11. The largest absolute Gasteiger partial charge is 0.377 e. The van der Waals surface area contributed by atoms with Crippen LogP contribution < -0.4 is 0 Å². The van der Waals surface area contributed by atoms with Gasteiger partial charge in [0.25, 0.3) is 0 Å². The minimum atomic E-state index is 0.712. The van der Waals surface area contributed by atoms with E-state index in [0.29, 0.717) is 6.61 Å². The molecule has 0 aliphatic heterocycles. The Morgan fingerprint density at radius 2 is 1.46 bits per heavy atom. The maximum atomic E-state index is 5.63. The molecule has 0 unspecified atom stereocenters. The van der Waals surface area contributed by atoms with Crippen molar-refractivity contribution >= 4 is 0 Å². The average Bonchev–Trinajstić information content (AvgIpc) is 2.75. The van der Waals surface area contributed by atoms with E-state index in [2.05, 4.69) is 74.5 Å². The topological polar surface area (TPSA) is 9.23 Å². The van der Waals surface area contributed by atoms with Gasteiger partial charge in [0.1, 0.15) is 0 Å². The molecule has 1 aliphatic rings. The van der Waals surface area contributed by atoms with Crippen LogP contribution in [-0.2, 0) is 11.3 Å². The standard InChI is InChI=1S/C27H36O/c1-3-5-6-7-22-8-12-24(13-9-22)26-16-18-27(19-17-26)25-14-10-23(11-15-25)21-28-20-4-2/h6-7,10-11,14-19,22,24H,3-5,8-9,12-13,20-21H2,1-2H3. The summed E-state index contributed by atoms with van der Waals surface area (Å²) in [5, 5.41) is 0. The zero-order chi connectivity index (χ0) is 19.6. The van der Waals surface area contributed by atoms with Crippen molar-refractivity contribution in [3.63, 3.8) is 0 Å². The summed E-state index contributed by atoms with van der Waals surface area (Å²) in [4.78, 5) is 0. The Hall–Kier alpha value is -1.86. The molecule has 1 nitrogen and oxygen atoms in total. The smallest absolute Gasteiger partial charge is 0.0716 e. The molecule has 0 amide bonds. The third kappa shape index (κ3) is 6.07. The number of benzene rings is 2. The molecule has 1 saturated carbocycles. The summed E-state index contributed by atoms with van der Waals surface area (Å²) in [6.45, 7) is 5.94. The molecule has 0 bridgehead atoms. The van der Waals surface area contributed by atoms with Gasteiger partial charge in [-0.1, -0.05) is 81.0 Å². The first kappa shape index (κ1) is 20.9. The van der Waals surface area contributed by atoms with Crippen LogP contribution in [0.1, 0.15) is 75.8 Å². The number of ether oxygens (including phenoxy) is 1. The van der Waals surface area contributed by atoms with Gasteiger partial charge in [0, 0.05) is 6.61 Å². The summed E-state index contributed by atoms with van der Waals surface area (Å²) >= 11 is 0. The van der Waals surface area contributed by atoms with E-state index < -0.39 is 0 Å². The lowest BCUT2D eigenvalue weighted by Gasteiger charge is -2.27. The van der Waals surface area contributed by atoms with Crippen molar-refractivity contribution in [2.24, 2.45) is 5.92 Å². The third-order valence-corrected chi connectivity index (χ3v) is 5.92. The van der Waals surface area contributed by atoms with Crippen molar-refractivity contribution in [2.45, 2.75) is 71.3 Å². The van der Waals surface area contributed by atoms with Crippen LogP contribution in [0.15, 0.2) is 60.7 Å². The van der Waals surface area contributed by atoms with E-state index >= 15 is 0 Å². The molecule has 1 fully saturated rings. The van der Waals surface area contributed by atoms with E-state index in [1.807, 2.05) is 0 Å². The fraction of sp³-hybridized carbons (Fsp3) is 0.481. The molecule has 0 spiro atoms. The molecule has 28 heavy (non-hydrogen) atoms. The molecule has 0 atom stereocenters. The lowest BCUT2D eigenvalue weighted by molar-refractivity contribution is 0.121. The van der Waals surface area contributed by atoms with E-state index in [1.165, 1.54) is 60.8 Å². The van der Waals surface area contributed by atoms with Crippen molar-refractivity contribution < 1.29 is 4.74 Å². The Labute approximate surface area is 171 Å². The summed E-state index contributed by atoms with van der Waals surface area (Å²) in [7, 11) is 0. The van der Waals surface area contributed by atoms with Crippen molar-refractivity contribution in [3.8, 4) is 11.1 Å². The van der Waals surface area contributed by atoms with Gasteiger partial charge in [0.2, 0.25) is 0 Å². The summed E-state index contributed by atoms with van der Waals surface area (Å²) < 4.78 is 5.63. The molecular weight excluding hydrogens is 340 g/mol. The fourth-order valence-corrected chi connectivity index (χ4v) is 4.18. The van der Waals surface area contributed by atoms with E-state index in [9.17, 15) is 0 Å². The number of hydrogen-bond acceptors (Lipinski definition) is 1. The molecule has 2 aromatic rings. The van der Waals surface area contributed by atoms with Gasteiger partial charge in [-0.3, -0.25) is 0 Å². The van der Waals surface area contributed by atoms with Crippen LogP contribution in [-0.4, -0.2) is 6.61 Å². The van der Waals surface area contributed by atoms with Gasteiger partial charge >= 0.3 is 0 Å². The Morgan fingerprint density at radius 3 is 2.07 bits per heavy atom. The number of rotatable bonds is 9. The predicted octanol–water partition coefficient (Wildman–Crippen LogP) is 7.91. The number of unbranched alkanes of at least 4 members (excludes halogenated alkanes) is 1. The van der Waals surface area contributed by atoms with E-state index in [1.54, 1.807) is 0 Å². The zero-order valence-electron chi connectivity index (χ0n) is 17.7. The van der Waals surface area contributed by atoms with Crippen LogP contribution in [0.2, 0.25) is 0 Å². The minimum Gasteiger partial charge on any atom is -0.377 e. The maximum Gasteiger partial charge on any atom is 0.0716 e. The minimum absolute atomic E-state index is 0.712. The predicted molar refractivity (Wildman–Crippen MR) is 121 cm³/mol. The zero-order valence-corrected chi connectivity index (χ0v) is 17.7. The van der Waals surface area contributed by atoms with Gasteiger partial charge < -0.3 is 4.74 Å². The Morgan fingerprint density at radius 1 is 0.821 bits per heavy atom. The average molecular weight is 377 g/mol. The Kier molecular flexibility index (Phi) is 8.36. The summed E-state index contributed by atoms with van der Waals surface area (Å²) in [5.41, 5.74) is 5.36. The third-order valence-electron chi connectivity index (χ3n) is 5.92. The highest BCUT2D eigenvalue weighted by atomic mass is 16.5. The van der Waals surface area contributed by atoms with Crippen molar-refractivity contribution in [2.75, 3.05) is 6.61 Å². The van der Waals surface area contributed by atoms with Gasteiger partial charge in [-0.25, -0.2) is 0 Å². The molecule has 0 radical (unpaired) electrons. The first-order valence-corrected chi connectivity index (χ1v) is 11.2. The summed E-state index contributed by atoms with van der Waals surface area (Å²) in [5.74, 6) is 1.55. The first-order chi connectivity index (χ1) is 13.8. The highest BCUT2D eigenvalue weighted by molar-refractivity contribution is 5.64. The van der Waals surface area contributed by atoms with Crippen LogP contribution in [0.5, 0.6) is 0 Å². The summed E-state index contributed by atoms with van der Waals surface area (Å²) in [6.07, 6.45) is 13.8.